The van der Waals surface area contributed by atoms with Crippen molar-refractivity contribution < 1.29 is 13.2 Å². The van der Waals surface area contributed by atoms with Crippen molar-refractivity contribution >= 4 is 33.2 Å². The molecule has 1 aliphatic heterocycles. The third kappa shape index (κ3) is 3.80. The van der Waals surface area contributed by atoms with Crippen LogP contribution in [0.5, 0.6) is 0 Å². The van der Waals surface area contributed by atoms with Crippen molar-refractivity contribution in [2.45, 2.75) is 30.8 Å². The Labute approximate surface area is 181 Å². The largest absolute Gasteiger partial charge is 0.348 e. The quantitative estimate of drug-likeness (QED) is 0.639. The van der Waals surface area contributed by atoms with Gasteiger partial charge in [-0.3, -0.25) is 9.10 Å². The standard InChI is InChI=1S/C23H21ClN2O3S/c1-16-13-19-14-17(23(27)25-15-18-7-5-6-10-21(18)24)11-12-22(19)26(16)30(28,29)20-8-3-2-4-9-20/h2-12,14,16H,13,15H2,1H3,(H,25,27). The first-order chi connectivity index (χ1) is 14.4. The van der Waals surface area contributed by atoms with Gasteiger partial charge in [0, 0.05) is 23.2 Å². The molecule has 0 radical (unpaired) electrons. The summed E-state index contributed by atoms with van der Waals surface area (Å²) in [5.74, 6) is -0.227. The van der Waals surface area contributed by atoms with Crippen molar-refractivity contribution in [2.24, 2.45) is 0 Å². The predicted octanol–water partition coefficient (Wildman–Crippen LogP) is 4.41. The average molecular weight is 441 g/mol. The Morgan fingerprint density at radius 2 is 1.77 bits per heavy atom. The van der Waals surface area contributed by atoms with E-state index in [1.165, 1.54) is 4.31 Å². The highest BCUT2D eigenvalue weighted by Crippen LogP contribution is 2.37. The third-order valence-corrected chi connectivity index (χ3v) is 7.50. The van der Waals surface area contributed by atoms with E-state index in [4.69, 9.17) is 11.6 Å². The number of fused-ring (bicyclic) bond motifs is 1. The van der Waals surface area contributed by atoms with Crippen molar-refractivity contribution in [3.8, 4) is 0 Å². The summed E-state index contributed by atoms with van der Waals surface area (Å²) in [7, 11) is -3.67. The predicted molar refractivity (Wildman–Crippen MR) is 118 cm³/mol. The Balaban J connectivity index is 1.57. The number of hydrogen-bond acceptors (Lipinski definition) is 3. The van der Waals surface area contributed by atoms with Gasteiger partial charge in [-0.2, -0.15) is 0 Å². The molecule has 1 atom stereocenters. The summed E-state index contributed by atoms with van der Waals surface area (Å²) in [4.78, 5) is 12.9. The number of amides is 1. The lowest BCUT2D eigenvalue weighted by Gasteiger charge is -2.24. The van der Waals surface area contributed by atoms with Crippen LogP contribution >= 0.6 is 11.6 Å². The number of halogens is 1. The zero-order valence-corrected chi connectivity index (χ0v) is 18.0. The van der Waals surface area contributed by atoms with E-state index < -0.39 is 10.0 Å². The average Bonchev–Trinajstić information content (AvgIpc) is 3.09. The summed E-state index contributed by atoms with van der Waals surface area (Å²) in [6.07, 6.45) is 0.549. The summed E-state index contributed by atoms with van der Waals surface area (Å²) < 4.78 is 27.8. The molecule has 0 spiro atoms. The van der Waals surface area contributed by atoms with E-state index in [1.807, 2.05) is 25.1 Å². The van der Waals surface area contributed by atoms with Gasteiger partial charge in [0.2, 0.25) is 0 Å². The molecule has 3 aromatic rings. The molecule has 1 N–H and O–H groups in total. The lowest BCUT2D eigenvalue weighted by molar-refractivity contribution is 0.0951. The van der Waals surface area contributed by atoms with Gasteiger partial charge in [-0.15, -0.1) is 0 Å². The summed E-state index contributed by atoms with van der Waals surface area (Å²) in [6, 6.07) is 20.6. The maximum Gasteiger partial charge on any atom is 0.264 e. The van der Waals surface area contributed by atoms with Gasteiger partial charge in [-0.25, -0.2) is 8.42 Å². The van der Waals surface area contributed by atoms with Gasteiger partial charge < -0.3 is 5.32 Å². The van der Waals surface area contributed by atoms with Crippen LogP contribution in [0.15, 0.2) is 77.7 Å². The molecule has 0 aliphatic carbocycles. The maximum absolute atomic E-state index is 13.2. The zero-order valence-electron chi connectivity index (χ0n) is 16.4. The number of rotatable bonds is 5. The van der Waals surface area contributed by atoms with E-state index in [1.54, 1.807) is 54.6 Å². The minimum Gasteiger partial charge on any atom is -0.348 e. The van der Waals surface area contributed by atoms with Gasteiger partial charge in [-0.05, 0) is 60.9 Å². The topological polar surface area (TPSA) is 66.5 Å². The van der Waals surface area contributed by atoms with Crippen LogP contribution in [-0.4, -0.2) is 20.4 Å². The molecule has 4 rings (SSSR count). The van der Waals surface area contributed by atoms with Crippen LogP contribution in [0.1, 0.15) is 28.4 Å². The molecule has 3 aromatic carbocycles. The number of benzene rings is 3. The molecule has 0 saturated carbocycles. The molecule has 0 saturated heterocycles. The van der Waals surface area contributed by atoms with Crippen LogP contribution in [0, 0.1) is 0 Å². The van der Waals surface area contributed by atoms with Crippen molar-refractivity contribution in [3.05, 3.63) is 94.5 Å². The van der Waals surface area contributed by atoms with Crippen LogP contribution in [0.4, 0.5) is 5.69 Å². The zero-order chi connectivity index (χ0) is 21.3. The van der Waals surface area contributed by atoms with Gasteiger partial charge in [-0.1, -0.05) is 48.0 Å². The third-order valence-electron chi connectivity index (χ3n) is 5.19. The number of nitrogens with one attached hydrogen (secondary N) is 1. The minimum atomic E-state index is -3.67. The van der Waals surface area contributed by atoms with Crippen LogP contribution in [-0.2, 0) is 23.0 Å². The first kappa shape index (κ1) is 20.4. The fourth-order valence-electron chi connectivity index (χ4n) is 3.74. The normalized spacial score (nSPS) is 15.7. The molecule has 0 bridgehead atoms. The number of anilines is 1. The Kier molecular flexibility index (Phi) is 5.54. The fourth-order valence-corrected chi connectivity index (χ4v) is 5.65. The number of hydrogen-bond donors (Lipinski definition) is 1. The second-order valence-corrected chi connectivity index (χ2v) is 9.51. The van der Waals surface area contributed by atoms with E-state index in [9.17, 15) is 13.2 Å². The Bertz CT molecular complexity index is 1200. The smallest absolute Gasteiger partial charge is 0.264 e. The van der Waals surface area contributed by atoms with E-state index in [0.29, 0.717) is 29.2 Å². The van der Waals surface area contributed by atoms with Crippen molar-refractivity contribution in [1.82, 2.24) is 5.32 Å². The maximum atomic E-state index is 13.2. The molecule has 1 unspecified atom stereocenters. The van der Waals surface area contributed by atoms with E-state index in [-0.39, 0.29) is 16.8 Å². The molecule has 1 aliphatic rings. The number of nitrogens with zero attached hydrogens (tertiary/aromatic N) is 1. The summed E-state index contributed by atoms with van der Waals surface area (Å²) in [6.45, 7) is 2.19. The number of carbonyl (C=O) groups is 1. The van der Waals surface area contributed by atoms with Gasteiger partial charge in [0.05, 0.1) is 10.6 Å². The van der Waals surface area contributed by atoms with Crippen LogP contribution in [0.25, 0.3) is 0 Å². The number of sulfonamides is 1. The van der Waals surface area contributed by atoms with E-state index in [2.05, 4.69) is 5.32 Å². The second-order valence-electron chi connectivity index (χ2n) is 7.28. The van der Waals surface area contributed by atoms with Crippen LogP contribution < -0.4 is 9.62 Å². The highest BCUT2D eigenvalue weighted by molar-refractivity contribution is 7.92. The SMILES string of the molecule is CC1Cc2cc(C(=O)NCc3ccccc3Cl)ccc2N1S(=O)(=O)c1ccccc1. The first-order valence-electron chi connectivity index (χ1n) is 9.62. The molecule has 154 valence electrons. The molecular formula is C23H21ClN2O3S. The molecule has 1 amide bonds. The van der Waals surface area contributed by atoms with E-state index >= 15 is 0 Å². The van der Waals surface area contributed by atoms with Gasteiger partial charge in [0.1, 0.15) is 0 Å². The minimum absolute atomic E-state index is 0.227. The van der Waals surface area contributed by atoms with Crippen molar-refractivity contribution in [3.63, 3.8) is 0 Å². The van der Waals surface area contributed by atoms with Crippen LogP contribution in [0.2, 0.25) is 5.02 Å². The number of carbonyl (C=O) groups excluding carboxylic acids is 1. The highest BCUT2D eigenvalue weighted by Gasteiger charge is 2.36. The Morgan fingerprint density at radius 3 is 2.50 bits per heavy atom. The van der Waals surface area contributed by atoms with Gasteiger partial charge in [0.25, 0.3) is 15.9 Å². The summed E-state index contributed by atoms with van der Waals surface area (Å²) >= 11 is 6.14. The summed E-state index contributed by atoms with van der Waals surface area (Å²) in [5, 5.41) is 3.47. The molecule has 0 fully saturated rings. The molecular weight excluding hydrogens is 420 g/mol. The first-order valence-corrected chi connectivity index (χ1v) is 11.4. The molecule has 1 heterocycles. The Morgan fingerprint density at radius 1 is 1.07 bits per heavy atom. The molecule has 5 nitrogen and oxygen atoms in total. The molecule has 30 heavy (non-hydrogen) atoms. The highest BCUT2D eigenvalue weighted by atomic mass is 35.5. The van der Waals surface area contributed by atoms with Crippen molar-refractivity contribution in [2.75, 3.05) is 4.31 Å². The van der Waals surface area contributed by atoms with Gasteiger partial charge >= 0.3 is 0 Å². The Hall–Kier alpha value is -2.83. The molecule has 7 heteroatoms. The lowest BCUT2D eigenvalue weighted by atomic mass is 10.1. The molecule has 0 aromatic heterocycles. The lowest BCUT2D eigenvalue weighted by Crippen LogP contribution is -2.35. The monoisotopic (exact) mass is 440 g/mol. The van der Waals surface area contributed by atoms with E-state index in [0.717, 1.165) is 11.1 Å². The van der Waals surface area contributed by atoms with Crippen LogP contribution in [0.3, 0.4) is 0 Å². The fraction of sp³-hybridized carbons (Fsp3) is 0.174. The van der Waals surface area contributed by atoms with Crippen molar-refractivity contribution in [1.29, 1.82) is 0 Å². The second kappa shape index (κ2) is 8.13. The van der Waals surface area contributed by atoms with Gasteiger partial charge in [0.15, 0.2) is 0 Å². The summed E-state index contributed by atoms with van der Waals surface area (Å²) in [5.41, 5.74) is 2.79.